The van der Waals surface area contributed by atoms with Crippen LogP contribution < -0.4 is 0 Å². The van der Waals surface area contributed by atoms with Gasteiger partial charge in [0.1, 0.15) is 17.7 Å². The number of hydrogen-bond acceptors (Lipinski definition) is 2. The van der Waals surface area contributed by atoms with Gasteiger partial charge in [0.25, 0.3) is 0 Å². The summed E-state index contributed by atoms with van der Waals surface area (Å²) in [4.78, 5) is 11.4. The molecule has 0 fully saturated rings. The van der Waals surface area contributed by atoms with Crippen molar-refractivity contribution in [2.24, 2.45) is 0 Å². The zero-order chi connectivity index (χ0) is 12.4. The van der Waals surface area contributed by atoms with Gasteiger partial charge in [0.05, 0.1) is 5.39 Å². The third-order valence-corrected chi connectivity index (χ3v) is 2.81. The monoisotopic (exact) mass is 233 g/mol. The van der Waals surface area contributed by atoms with Crippen molar-refractivity contribution in [2.75, 3.05) is 0 Å². The molecule has 86 valence electrons. The third-order valence-electron chi connectivity index (χ3n) is 2.81. The molecule has 3 nitrogen and oxygen atoms in total. The second kappa shape index (κ2) is 4.34. The zero-order valence-corrected chi connectivity index (χ0v) is 9.94. The van der Waals surface area contributed by atoms with E-state index in [0.29, 0.717) is 0 Å². The van der Waals surface area contributed by atoms with Crippen LogP contribution in [0.2, 0.25) is 0 Å². The van der Waals surface area contributed by atoms with Crippen molar-refractivity contribution in [3.05, 3.63) is 59.7 Å². The fraction of sp³-hybridized carbons (Fsp3) is 0.0667. The lowest BCUT2D eigenvalue weighted by molar-refractivity contribution is 1.18. The second-order valence-corrected chi connectivity index (χ2v) is 4.03. The summed E-state index contributed by atoms with van der Waals surface area (Å²) in [7, 11) is 0. The van der Waals surface area contributed by atoms with E-state index in [1.807, 2.05) is 30.5 Å². The molecular weight excluding hydrogens is 222 g/mol. The van der Waals surface area contributed by atoms with Gasteiger partial charge in [-0.3, -0.25) is 0 Å². The average Bonchev–Trinajstić information content (AvgIpc) is 2.86. The lowest BCUT2D eigenvalue weighted by Crippen LogP contribution is -1.87. The number of nitrogens with one attached hydrogen (secondary N) is 1. The molecule has 3 rings (SSSR count). The molecule has 1 aromatic carbocycles. The fourth-order valence-corrected chi connectivity index (χ4v) is 1.81. The number of rotatable bonds is 0. The molecule has 0 saturated heterocycles. The quantitative estimate of drug-likeness (QED) is 0.606. The van der Waals surface area contributed by atoms with Crippen LogP contribution >= 0.6 is 0 Å². The fourth-order valence-electron chi connectivity index (χ4n) is 1.81. The first-order chi connectivity index (χ1) is 8.84. The maximum Gasteiger partial charge on any atom is 0.141 e. The molecule has 0 bridgehead atoms. The summed E-state index contributed by atoms with van der Waals surface area (Å²) in [5, 5.41) is 0.957. The molecule has 2 aromatic heterocycles. The maximum atomic E-state index is 4.22. The Labute approximate surface area is 105 Å². The molecule has 0 aliphatic carbocycles. The Kier molecular flexibility index (Phi) is 2.54. The highest BCUT2D eigenvalue weighted by Gasteiger charge is 2.00. The van der Waals surface area contributed by atoms with Gasteiger partial charge in [0, 0.05) is 11.8 Å². The Hall–Kier alpha value is -2.60. The maximum absolute atomic E-state index is 4.22. The number of fused-ring (bicyclic) bond motifs is 1. The number of hydrogen-bond donors (Lipinski definition) is 1. The van der Waals surface area contributed by atoms with Crippen molar-refractivity contribution >= 4 is 11.0 Å². The minimum absolute atomic E-state index is 0.754. The van der Waals surface area contributed by atoms with Gasteiger partial charge in [0.2, 0.25) is 0 Å². The van der Waals surface area contributed by atoms with Crippen LogP contribution in [0.5, 0.6) is 0 Å². The molecule has 3 aromatic rings. The molecule has 18 heavy (non-hydrogen) atoms. The van der Waals surface area contributed by atoms with E-state index >= 15 is 0 Å². The Morgan fingerprint density at radius 2 is 1.94 bits per heavy atom. The summed E-state index contributed by atoms with van der Waals surface area (Å²) < 4.78 is 0. The molecule has 0 amide bonds. The Bertz CT molecular complexity index is 760. The van der Waals surface area contributed by atoms with E-state index in [4.69, 9.17) is 0 Å². The molecule has 0 spiro atoms. The van der Waals surface area contributed by atoms with Crippen LogP contribution in [-0.2, 0) is 0 Å². The molecule has 0 saturated carbocycles. The SMILES string of the molecule is Cc1ccccc1C#Cc1ncnc2[nH]ccc12. The minimum Gasteiger partial charge on any atom is -0.346 e. The van der Waals surface area contributed by atoms with Crippen molar-refractivity contribution in [3.63, 3.8) is 0 Å². The van der Waals surface area contributed by atoms with Crippen LogP contribution in [0.3, 0.4) is 0 Å². The van der Waals surface area contributed by atoms with Crippen molar-refractivity contribution in [1.29, 1.82) is 0 Å². The first-order valence-electron chi connectivity index (χ1n) is 5.70. The number of benzene rings is 1. The molecule has 0 unspecified atom stereocenters. The van der Waals surface area contributed by atoms with Gasteiger partial charge in [-0.25, -0.2) is 9.97 Å². The standard InChI is InChI=1S/C15H11N3/c1-11-4-2-3-5-12(11)6-7-14-13-8-9-16-15(13)18-10-17-14/h2-5,8-10H,1H3,(H,16,17,18). The van der Waals surface area contributed by atoms with Crippen molar-refractivity contribution in [1.82, 2.24) is 15.0 Å². The van der Waals surface area contributed by atoms with Crippen molar-refractivity contribution < 1.29 is 0 Å². The molecule has 0 radical (unpaired) electrons. The Morgan fingerprint density at radius 1 is 1.06 bits per heavy atom. The van der Waals surface area contributed by atoms with E-state index in [2.05, 4.69) is 39.8 Å². The van der Waals surface area contributed by atoms with Gasteiger partial charge in [-0.15, -0.1) is 0 Å². The summed E-state index contributed by atoms with van der Waals surface area (Å²) in [6, 6.07) is 10.0. The second-order valence-electron chi connectivity index (χ2n) is 4.03. The van der Waals surface area contributed by atoms with E-state index in [1.165, 1.54) is 11.9 Å². The summed E-state index contributed by atoms with van der Waals surface area (Å²) in [6.07, 6.45) is 3.37. The Morgan fingerprint density at radius 3 is 2.83 bits per heavy atom. The normalized spacial score (nSPS) is 10.1. The highest BCUT2D eigenvalue weighted by atomic mass is 14.9. The highest BCUT2D eigenvalue weighted by Crippen LogP contribution is 2.12. The van der Waals surface area contributed by atoms with Gasteiger partial charge in [0.15, 0.2) is 0 Å². The first kappa shape index (κ1) is 10.5. The molecule has 0 aliphatic rings. The number of H-pyrrole nitrogens is 1. The smallest absolute Gasteiger partial charge is 0.141 e. The lowest BCUT2D eigenvalue weighted by Gasteiger charge is -1.95. The minimum atomic E-state index is 0.754. The van der Waals surface area contributed by atoms with E-state index in [1.54, 1.807) is 0 Å². The van der Waals surface area contributed by atoms with Crippen molar-refractivity contribution in [2.45, 2.75) is 6.92 Å². The lowest BCUT2D eigenvalue weighted by atomic mass is 10.1. The predicted molar refractivity (Wildman–Crippen MR) is 71.0 cm³/mol. The third kappa shape index (κ3) is 1.85. The van der Waals surface area contributed by atoms with Crippen LogP contribution in [0.4, 0.5) is 0 Å². The largest absolute Gasteiger partial charge is 0.346 e. The molecule has 3 heteroatoms. The van der Waals surface area contributed by atoms with Crippen LogP contribution in [-0.4, -0.2) is 15.0 Å². The van der Waals surface area contributed by atoms with E-state index in [-0.39, 0.29) is 0 Å². The van der Waals surface area contributed by atoms with E-state index in [9.17, 15) is 0 Å². The predicted octanol–water partition coefficient (Wildman–Crippen LogP) is 2.67. The molecule has 2 heterocycles. The summed E-state index contributed by atoms with van der Waals surface area (Å²) in [6.45, 7) is 2.05. The van der Waals surface area contributed by atoms with Crippen LogP contribution in [0.1, 0.15) is 16.8 Å². The van der Waals surface area contributed by atoms with Gasteiger partial charge in [-0.2, -0.15) is 0 Å². The number of aromatic amines is 1. The van der Waals surface area contributed by atoms with Gasteiger partial charge in [-0.1, -0.05) is 24.1 Å². The van der Waals surface area contributed by atoms with Crippen molar-refractivity contribution in [3.8, 4) is 11.8 Å². The summed E-state index contributed by atoms with van der Waals surface area (Å²) in [5.41, 5.74) is 3.77. The van der Waals surface area contributed by atoms with Gasteiger partial charge < -0.3 is 4.98 Å². The average molecular weight is 233 g/mol. The number of nitrogens with zero attached hydrogens (tertiary/aromatic N) is 2. The van der Waals surface area contributed by atoms with Crippen LogP contribution in [0, 0.1) is 18.8 Å². The molecular formula is C15H11N3. The Balaban J connectivity index is 2.08. The highest BCUT2D eigenvalue weighted by molar-refractivity contribution is 5.80. The molecule has 0 atom stereocenters. The van der Waals surface area contributed by atoms with E-state index in [0.717, 1.165) is 22.3 Å². The summed E-state index contributed by atoms with van der Waals surface area (Å²) in [5.74, 6) is 6.27. The van der Waals surface area contributed by atoms with Crippen LogP contribution in [0.25, 0.3) is 11.0 Å². The number of aromatic nitrogens is 3. The summed E-state index contributed by atoms with van der Waals surface area (Å²) >= 11 is 0. The number of aryl methyl sites for hydroxylation is 1. The molecule has 0 aliphatic heterocycles. The topological polar surface area (TPSA) is 41.6 Å². The first-order valence-corrected chi connectivity index (χ1v) is 5.70. The van der Waals surface area contributed by atoms with Crippen LogP contribution in [0.15, 0.2) is 42.9 Å². The van der Waals surface area contributed by atoms with E-state index < -0.39 is 0 Å². The zero-order valence-electron chi connectivity index (χ0n) is 9.94. The molecule has 1 N–H and O–H groups in total. The van der Waals surface area contributed by atoms with Gasteiger partial charge in [-0.05, 0) is 30.5 Å². The van der Waals surface area contributed by atoms with Gasteiger partial charge >= 0.3 is 0 Å².